The van der Waals surface area contributed by atoms with Gasteiger partial charge in [-0.2, -0.15) is 0 Å². The van der Waals surface area contributed by atoms with Gasteiger partial charge in [0.25, 0.3) is 0 Å². The molecule has 2 N–H and O–H groups in total. The maximum atomic E-state index is 9.07. The summed E-state index contributed by atoms with van der Waals surface area (Å²) in [7, 11) is 0. The molecule has 1 unspecified atom stereocenters. The molecule has 0 bridgehead atoms. The van der Waals surface area contributed by atoms with Crippen LogP contribution in [-0.4, -0.2) is 40.7 Å². The Labute approximate surface area is 133 Å². The lowest BCUT2D eigenvalue weighted by atomic mass is 9.88. The van der Waals surface area contributed by atoms with Crippen LogP contribution in [0.25, 0.3) is 0 Å². The summed E-state index contributed by atoms with van der Waals surface area (Å²) >= 11 is 0. The Kier molecular flexibility index (Phi) is 5.68. The molecular formula is C18H29N3O. The normalized spacial score (nSPS) is 24.3. The smallest absolute Gasteiger partial charge is 0.126 e. The van der Waals surface area contributed by atoms with Gasteiger partial charge in [-0.15, -0.1) is 0 Å². The van der Waals surface area contributed by atoms with E-state index in [4.69, 9.17) is 5.11 Å². The zero-order valence-corrected chi connectivity index (χ0v) is 13.5. The van der Waals surface area contributed by atoms with Gasteiger partial charge in [-0.1, -0.05) is 25.3 Å². The van der Waals surface area contributed by atoms with Crippen LogP contribution in [0.15, 0.2) is 18.3 Å². The van der Waals surface area contributed by atoms with Crippen LogP contribution in [0.2, 0.25) is 0 Å². The Balaban J connectivity index is 1.49. The van der Waals surface area contributed by atoms with Gasteiger partial charge in [0, 0.05) is 25.3 Å². The molecule has 3 rings (SSSR count). The van der Waals surface area contributed by atoms with Crippen molar-refractivity contribution in [3.8, 4) is 0 Å². The number of aliphatic hydroxyl groups excluding tert-OH is 1. The van der Waals surface area contributed by atoms with Gasteiger partial charge in [0.05, 0.1) is 6.61 Å². The SMILES string of the molecule is OCc1ccc(NC2CCCN(CC3CCCCC3)C2)nc1. The molecule has 22 heavy (non-hydrogen) atoms. The Bertz CT molecular complexity index is 442. The predicted octanol–water partition coefficient (Wildman–Crippen LogP) is 3.03. The fourth-order valence-corrected chi connectivity index (χ4v) is 3.89. The van der Waals surface area contributed by atoms with Crippen molar-refractivity contribution in [2.24, 2.45) is 5.92 Å². The predicted molar refractivity (Wildman–Crippen MR) is 89.8 cm³/mol. The van der Waals surface area contributed by atoms with Crippen molar-refractivity contribution in [2.45, 2.75) is 57.6 Å². The molecule has 1 saturated carbocycles. The third kappa shape index (κ3) is 4.43. The monoisotopic (exact) mass is 303 g/mol. The van der Waals surface area contributed by atoms with Crippen LogP contribution >= 0.6 is 0 Å². The van der Waals surface area contributed by atoms with Gasteiger partial charge in [0.15, 0.2) is 0 Å². The van der Waals surface area contributed by atoms with Gasteiger partial charge in [-0.05, 0) is 49.8 Å². The topological polar surface area (TPSA) is 48.4 Å². The summed E-state index contributed by atoms with van der Waals surface area (Å²) in [5.74, 6) is 1.86. The van der Waals surface area contributed by atoms with E-state index >= 15 is 0 Å². The molecule has 0 aromatic carbocycles. The van der Waals surface area contributed by atoms with Crippen LogP contribution in [0.5, 0.6) is 0 Å². The average Bonchev–Trinajstić information content (AvgIpc) is 2.57. The first kappa shape index (κ1) is 15.8. The number of aliphatic hydroxyl groups is 1. The zero-order chi connectivity index (χ0) is 15.2. The largest absolute Gasteiger partial charge is 0.392 e. The molecule has 1 aromatic heterocycles. The van der Waals surface area contributed by atoms with Crippen LogP contribution in [-0.2, 0) is 6.61 Å². The van der Waals surface area contributed by atoms with E-state index in [2.05, 4.69) is 15.2 Å². The summed E-state index contributed by atoms with van der Waals surface area (Å²) < 4.78 is 0. The maximum absolute atomic E-state index is 9.07. The van der Waals surface area contributed by atoms with Gasteiger partial charge in [0.1, 0.15) is 5.82 Å². The number of aromatic nitrogens is 1. The number of piperidine rings is 1. The first-order chi connectivity index (χ1) is 10.8. The van der Waals surface area contributed by atoms with Gasteiger partial charge < -0.3 is 15.3 Å². The fraction of sp³-hybridized carbons (Fsp3) is 0.722. The first-order valence-corrected chi connectivity index (χ1v) is 8.88. The number of hydrogen-bond acceptors (Lipinski definition) is 4. The highest BCUT2D eigenvalue weighted by atomic mass is 16.3. The van der Waals surface area contributed by atoms with Crippen molar-refractivity contribution in [1.82, 2.24) is 9.88 Å². The molecule has 2 heterocycles. The van der Waals surface area contributed by atoms with Crippen molar-refractivity contribution in [2.75, 3.05) is 25.0 Å². The molecule has 1 aliphatic heterocycles. The number of nitrogens with zero attached hydrogens (tertiary/aromatic N) is 2. The highest BCUT2D eigenvalue weighted by molar-refractivity contribution is 5.36. The number of anilines is 1. The van der Waals surface area contributed by atoms with Gasteiger partial charge >= 0.3 is 0 Å². The molecule has 4 heteroatoms. The minimum absolute atomic E-state index is 0.0614. The van der Waals surface area contributed by atoms with E-state index in [1.54, 1.807) is 6.20 Å². The lowest BCUT2D eigenvalue weighted by Gasteiger charge is -2.36. The Hall–Kier alpha value is -1.13. The van der Waals surface area contributed by atoms with Crippen LogP contribution in [0, 0.1) is 5.92 Å². The third-order valence-corrected chi connectivity index (χ3v) is 5.11. The molecule has 1 aliphatic carbocycles. The fourth-order valence-electron chi connectivity index (χ4n) is 3.89. The molecule has 1 aromatic rings. The lowest BCUT2D eigenvalue weighted by molar-refractivity contribution is 0.166. The molecule has 122 valence electrons. The van der Waals surface area contributed by atoms with Gasteiger partial charge in [-0.3, -0.25) is 0 Å². The quantitative estimate of drug-likeness (QED) is 0.878. The highest BCUT2D eigenvalue weighted by Crippen LogP contribution is 2.25. The standard InChI is InChI=1S/C18H29N3O/c22-14-16-8-9-18(19-11-16)20-17-7-4-10-21(13-17)12-15-5-2-1-3-6-15/h8-9,11,15,17,22H,1-7,10,12-14H2,(H,19,20). The highest BCUT2D eigenvalue weighted by Gasteiger charge is 2.23. The van der Waals surface area contributed by atoms with E-state index in [-0.39, 0.29) is 6.61 Å². The Morgan fingerprint density at radius 2 is 2.00 bits per heavy atom. The molecule has 0 radical (unpaired) electrons. The van der Waals surface area contributed by atoms with Crippen LogP contribution < -0.4 is 5.32 Å². The Morgan fingerprint density at radius 1 is 1.14 bits per heavy atom. The minimum atomic E-state index is 0.0614. The van der Waals surface area contributed by atoms with Crippen molar-refractivity contribution in [3.63, 3.8) is 0 Å². The second-order valence-corrected chi connectivity index (χ2v) is 6.96. The molecule has 1 saturated heterocycles. The summed E-state index contributed by atoms with van der Waals surface area (Å²) in [6.45, 7) is 3.74. The summed E-state index contributed by atoms with van der Waals surface area (Å²) in [6, 6.07) is 4.42. The average molecular weight is 303 g/mol. The maximum Gasteiger partial charge on any atom is 0.126 e. The summed E-state index contributed by atoms with van der Waals surface area (Å²) in [6.07, 6.45) is 11.4. The molecule has 0 amide bonds. The first-order valence-electron chi connectivity index (χ1n) is 8.88. The molecule has 4 nitrogen and oxygen atoms in total. The van der Waals surface area contributed by atoms with Crippen molar-refractivity contribution < 1.29 is 5.11 Å². The minimum Gasteiger partial charge on any atom is -0.392 e. The van der Waals surface area contributed by atoms with E-state index in [1.165, 1.54) is 58.0 Å². The summed E-state index contributed by atoms with van der Waals surface area (Å²) in [4.78, 5) is 7.05. The zero-order valence-electron chi connectivity index (χ0n) is 13.5. The van der Waals surface area contributed by atoms with Crippen LogP contribution in [0.4, 0.5) is 5.82 Å². The van der Waals surface area contributed by atoms with Crippen molar-refractivity contribution in [3.05, 3.63) is 23.9 Å². The number of rotatable bonds is 5. The summed E-state index contributed by atoms with van der Waals surface area (Å²) in [5, 5.41) is 12.6. The van der Waals surface area contributed by atoms with E-state index in [0.29, 0.717) is 6.04 Å². The summed E-state index contributed by atoms with van der Waals surface area (Å²) in [5.41, 5.74) is 0.869. The number of hydrogen-bond donors (Lipinski definition) is 2. The van der Waals surface area contributed by atoms with Crippen LogP contribution in [0.1, 0.15) is 50.5 Å². The van der Waals surface area contributed by atoms with E-state index in [9.17, 15) is 0 Å². The van der Waals surface area contributed by atoms with Gasteiger partial charge in [0.2, 0.25) is 0 Å². The van der Waals surface area contributed by atoms with Crippen molar-refractivity contribution in [1.29, 1.82) is 0 Å². The molecule has 1 atom stereocenters. The molecule has 2 aliphatic rings. The second-order valence-electron chi connectivity index (χ2n) is 6.96. The van der Waals surface area contributed by atoms with E-state index < -0.39 is 0 Å². The second kappa shape index (κ2) is 7.93. The molecule has 2 fully saturated rings. The van der Waals surface area contributed by atoms with Gasteiger partial charge in [-0.25, -0.2) is 4.98 Å². The molecular weight excluding hydrogens is 274 g/mol. The lowest BCUT2D eigenvalue weighted by Crippen LogP contribution is -2.44. The number of nitrogens with one attached hydrogen (secondary N) is 1. The Morgan fingerprint density at radius 3 is 2.73 bits per heavy atom. The van der Waals surface area contributed by atoms with Crippen LogP contribution in [0.3, 0.4) is 0 Å². The number of pyridine rings is 1. The third-order valence-electron chi connectivity index (χ3n) is 5.11. The molecule has 0 spiro atoms. The number of likely N-dealkylation sites (tertiary alicyclic amines) is 1. The van der Waals surface area contributed by atoms with Crippen molar-refractivity contribution >= 4 is 5.82 Å². The van der Waals surface area contributed by atoms with E-state index in [1.807, 2.05) is 12.1 Å². The van der Waals surface area contributed by atoms with E-state index in [0.717, 1.165) is 23.8 Å².